The van der Waals surface area contributed by atoms with Crippen molar-refractivity contribution in [2.45, 2.75) is 33.2 Å². The number of aryl methyl sites for hydroxylation is 1. The highest BCUT2D eigenvalue weighted by atomic mass is 35.5. The number of carbonyl (C=O) groups is 1. The molecule has 1 unspecified atom stereocenters. The van der Waals surface area contributed by atoms with Gasteiger partial charge in [0.15, 0.2) is 0 Å². The minimum Gasteiger partial charge on any atom is -0.345 e. The van der Waals surface area contributed by atoms with E-state index in [1.54, 1.807) is 0 Å². The number of nitrogens with two attached hydrogens (primary N) is 1. The van der Waals surface area contributed by atoms with Crippen molar-refractivity contribution in [1.29, 1.82) is 0 Å². The van der Waals surface area contributed by atoms with Gasteiger partial charge in [0.25, 0.3) is 5.91 Å². The van der Waals surface area contributed by atoms with E-state index in [2.05, 4.69) is 19.2 Å². The number of nitrogens with one attached hydrogen (secondary N) is 1. The maximum Gasteiger partial charge on any atom is 0.251 e. The molecule has 0 aromatic heterocycles. The zero-order valence-electron chi connectivity index (χ0n) is 11.5. The second-order valence-electron chi connectivity index (χ2n) is 5.10. The van der Waals surface area contributed by atoms with Gasteiger partial charge in [-0.3, -0.25) is 4.79 Å². The summed E-state index contributed by atoms with van der Waals surface area (Å²) in [7, 11) is 0. The van der Waals surface area contributed by atoms with E-state index in [0.29, 0.717) is 18.0 Å². The first-order valence-electron chi connectivity index (χ1n) is 5.98. The van der Waals surface area contributed by atoms with Gasteiger partial charge in [-0.05, 0) is 31.9 Å². The summed E-state index contributed by atoms with van der Waals surface area (Å²) >= 11 is 0. The zero-order valence-corrected chi connectivity index (χ0v) is 12.3. The maximum atomic E-state index is 12.1. The number of hydrogen-bond acceptors (Lipinski definition) is 2. The third-order valence-corrected chi connectivity index (χ3v) is 3.41. The van der Waals surface area contributed by atoms with Gasteiger partial charge in [0.1, 0.15) is 0 Å². The maximum absolute atomic E-state index is 12.1. The number of amides is 1. The SMILES string of the molecule is Cc1ccc(C(=O)NC(C)(CN)C(C)C)cc1.Cl. The summed E-state index contributed by atoms with van der Waals surface area (Å²) in [4.78, 5) is 12.1. The lowest BCUT2D eigenvalue weighted by atomic mass is 9.88. The van der Waals surface area contributed by atoms with Gasteiger partial charge in [-0.15, -0.1) is 12.4 Å². The molecule has 0 radical (unpaired) electrons. The first-order valence-corrected chi connectivity index (χ1v) is 5.98. The molecule has 18 heavy (non-hydrogen) atoms. The van der Waals surface area contributed by atoms with Crippen molar-refractivity contribution >= 4 is 18.3 Å². The van der Waals surface area contributed by atoms with Gasteiger partial charge in [-0.2, -0.15) is 0 Å². The van der Waals surface area contributed by atoms with Crippen LogP contribution < -0.4 is 11.1 Å². The van der Waals surface area contributed by atoms with E-state index in [-0.39, 0.29) is 23.9 Å². The van der Waals surface area contributed by atoms with Crippen molar-refractivity contribution < 1.29 is 4.79 Å². The van der Waals surface area contributed by atoms with Crippen molar-refractivity contribution in [3.8, 4) is 0 Å². The molecule has 1 rings (SSSR count). The van der Waals surface area contributed by atoms with Crippen LogP contribution in [-0.4, -0.2) is 18.0 Å². The molecule has 0 fully saturated rings. The van der Waals surface area contributed by atoms with E-state index >= 15 is 0 Å². The molecule has 0 aliphatic rings. The molecule has 0 saturated carbocycles. The monoisotopic (exact) mass is 270 g/mol. The Bertz CT molecular complexity index is 389. The van der Waals surface area contributed by atoms with E-state index in [1.165, 1.54) is 0 Å². The average Bonchev–Trinajstić information content (AvgIpc) is 2.29. The molecule has 0 aliphatic carbocycles. The lowest BCUT2D eigenvalue weighted by Crippen LogP contribution is -2.55. The Morgan fingerprint density at radius 1 is 1.33 bits per heavy atom. The summed E-state index contributed by atoms with van der Waals surface area (Å²) in [6.07, 6.45) is 0. The smallest absolute Gasteiger partial charge is 0.251 e. The van der Waals surface area contributed by atoms with Crippen molar-refractivity contribution in [2.75, 3.05) is 6.54 Å². The van der Waals surface area contributed by atoms with Crippen LogP contribution >= 0.6 is 12.4 Å². The molecule has 0 spiro atoms. The summed E-state index contributed by atoms with van der Waals surface area (Å²) in [5, 5.41) is 3.01. The van der Waals surface area contributed by atoms with Crippen molar-refractivity contribution in [1.82, 2.24) is 5.32 Å². The molecule has 0 saturated heterocycles. The second-order valence-corrected chi connectivity index (χ2v) is 5.10. The van der Waals surface area contributed by atoms with E-state index in [0.717, 1.165) is 5.56 Å². The Labute approximate surface area is 116 Å². The van der Waals surface area contributed by atoms with Gasteiger partial charge in [-0.25, -0.2) is 0 Å². The minimum absolute atomic E-state index is 0. The van der Waals surface area contributed by atoms with E-state index < -0.39 is 0 Å². The van der Waals surface area contributed by atoms with Crippen LogP contribution in [0.15, 0.2) is 24.3 Å². The number of halogens is 1. The van der Waals surface area contributed by atoms with E-state index in [1.807, 2.05) is 38.1 Å². The molecule has 1 aromatic carbocycles. The Kier molecular flexibility index (Phi) is 6.36. The third-order valence-electron chi connectivity index (χ3n) is 3.41. The van der Waals surface area contributed by atoms with Gasteiger partial charge < -0.3 is 11.1 Å². The van der Waals surface area contributed by atoms with Crippen LogP contribution in [0.4, 0.5) is 0 Å². The van der Waals surface area contributed by atoms with Crippen LogP contribution in [0.5, 0.6) is 0 Å². The van der Waals surface area contributed by atoms with Crippen LogP contribution in [-0.2, 0) is 0 Å². The normalized spacial score (nSPS) is 13.7. The zero-order chi connectivity index (χ0) is 13.1. The average molecular weight is 271 g/mol. The Morgan fingerprint density at radius 3 is 2.22 bits per heavy atom. The van der Waals surface area contributed by atoms with Crippen molar-refractivity contribution in [3.63, 3.8) is 0 Å². The lowest BCUT2D eigenvalue weighted by molar-refractivity contribution is 0.0883. The van der Waals surface area contributed by atoms with Gasteiger partial charge in [0.05, 0.1) is 5.54 Å². The molecular formula is C14H23ClN2O. The predicted molar refractivity (Wildman–Crippen MR) is 78.2 cm³/mol. The standard InChI is InChI=1S/C14H22N2O.ClH/c1-10(2)14(4,9-15)16-13(17)12-7-5-11(3)6-8-12;/h5-8,10H,9,15H2,1-4H3,(H,16,17);1H. The highest BCUT2D eigenvalue weighted by Gasteiger charge is 2.28. The summed E-state index contributed by atoms with van der Waals surface area (Å²) in [6.45, 7) is 8.52. The van der Waals surface area contributed by atoms with E-state index in [4.69, 9.17) is 5.73 Å². The number of carbonyl (C=O) groups excluding carboxylic acids is 1. The second kappa shape index (κ2) is 6.76. The minimum atomic E-state index is -0.359. The molecule has 3 nitrogen and oxygen atoms in total. The summed E-state index contributed by atoms with van der Waals surface area (Å²) in [5.74, 6) is 0.230. The van der Waals surface area contributed by atoms with Crippen molar-refractivity contribution in [2.24, 2.45) is 11.7 Å². The van der Waals surface area contributed by atoms with Gasteiger partial charge in [0, 0.05) is 12.1 Å². The predicted octanol–water partition coefficient (Wildman–Crippen LogP) is 2.52. The fourth-order valence-electron chi connectivity index (χ4n) is 1.47. The molecule has 3 N–H and O–H groups in total. The highest BCUT2D eigenvalue weighted by Crippen LogP contribution is 2.16. The quantitative estimate of drug-likeness (QED) is 0.883. The summed E-state index contributed by atoms with van der Waals surface area (Å²) in [6, 6.07) is 7.54. The Morgan fingerprint density at radius 2 is 1.83 bits per heavy atom. The largest absolute Gasteiger partial charge is 0.345 e. The first-order chi connectivity index (χ1) is 7.89. The first kappa shape index (κ1) is 16.9. The van der Waals surface area contributed by atoms with Crippen LogP contribution in [0.3, 0.4) is 0 Å². The molecule has 0 aliphatic heterocycles. The molecule has 4 heteroatoms. The van der Waals surface area contributed by atoms with E-state index in [9.17, 15) is 4.79 Å². The Hall–Kier alpha value is -1.06. The number of rotatable bonds is 4. The summed E-state index contributed by atoms with van der Waals surface area (Å²) < 4.78 is 0. The Balaban J connectivity index is 0.00000289. The van der Waals surface area contributed by atoms with Gasteiger partial charge in [0.2, 0.25) is 0 Å². The van der Waals surface area contributed by atoms with Crippen LogP contribution in [0, 0.1) is 12.8 Å². The lowest BCUT2D eigenvalue weighted by Gasteiger charge is -2.33. The fraction of sp³-hybridized carbons (Fsp3) is 0.500. The fourth-order valence-corrected chi connectivity index (χ4v) is 1.47. The van der Waals surface area contributed by atoms with Gasteiger partial charge in [-0.1, -0.05) is 31.5 Å². The molecule has 102 valence electrons. The topological polar surface area (TPSA) is 55.1 Å². The molecule has 1 amide bonds. The molecule has 0 bridgehead atoms. The van der Waals surface area contributed by atoms with Crippen LogP contribution in [0.25, 0.3) is 0 Å². The highest BCUT2D eigenvalue weighted by molar-refractivity contribution is 5.94. The number of hydrogen-bond donors (Lipinski definition) is 2. The molecule has 0 heterocycles. The van der Waals surface area contributed by atoms with Crippen LogP contribution in [0.2, 0.25) is 0 Å². The summed E-state index contributed by atoms with van der Waals surface area (Å²) in [5.41, 5.74) is 7.21. The molecule has 1 aromatic rings. The van der Waals surface area contributed by atoms with Crippen molar-refractivity contribution in [3.05, 3.63) is 35.4 Å². The third kappa shape index (κ3) is 4.00. The molecular weight excluding hydrogens is 248 g/mol. The van der Waals surface area contributed by atoms with Crippen LogP contribution in [0.1, 0.15) is 36.7 Å². The number of benzene rings is 1. The van der Waals surface area contributed by atoms with Gasteiger partial charge >= 0.3 is 0 Å². The molecule has 1 atom stereocenters.